The summed E-state index contributed by atoms with van der Waals surface area (Å²) in [7, 11) is 0. The highest BCUT2D eigenvalue weighted by Crippen LogP contribution is 2.24. The Labute approximate surface area is 120 Å². The lowest BCUT2D eigenvalue weighted by Crippen LogP contribution is -2.19. The summed E-state index contributed by atoms with van der Waals surface area (Å²) in [6.45, 7) is 0.245. The monoisotopic (exact) mass is 285 g/mol. The lowest BCUT2D eigenvalue weighted by molar-refractivity contribution is 0.422. The normalized spacial score (nSPS) is 10.8. The fraction of sp³-hybridized carbons (Fsp3) is 0.0625. The number of pyridine rings is 1. The van der Waals surface area contributed by atoms with Gasteiger partial charge in [0.15, 0.2) is 0 Å². The summed E-state index contributed by atoms with van der Waals surface area (Å²) in [4.78, 5) is 12.1. The third-order valence-electron chi connectivity index (χ3n) is 3.29. The van der Waals surface area contributed by atoms with Gasteiger partial charge in [0.25, 0.3) is 5.56 Å². The zero-order valence-electron chi connectivity index (χ0n) is 10.6. The van der Waals surface area contributed by atoms with Crippen LogP contribution in [0.4, 0.5) is 0 Å². The number of aromatic hydroxyl groups is 1. The summed E-state index contributed by atoms with van der Waals surface area (Å²) in [6.07, 6.45) is 0. The van der Waals surface area contributed by atoms with Crippen LogP contribution in [0.1, 0.15) is 5.56 Å². The number of benzene rings is 2. The lowest BCUT2D eigenvalue weighted by atomic mass is 10.1. The third-order valence-corrected chi connectivity index (χ3v) is 3.66. The van der Waals surface area contributed by atoms with Gasteiger partial charge in [0, 0.05) is 16.5 Å². The Hall–Kier alpha value is -2.26. The minimum atomic E-state index is -0.249. The Kier molecular flexibility index (Phi) is 3.20. The molecular formula is C16H12ClNO2. The molecule has 4 heteroatoms. The second kappa shape index (κ2) is 5.02. The Morgan fingerprint density at radius 1 is 1.05 bits per heavy atom. The van der Waals surface area contributed by atoms with E-state index in [-0.39, 0.29) is 18.0 Å². The van der Waals surface area contributed by atoms with Gasteiger partial charge in [-0.15, -0.1) is 0 Å². The van der Waals surface area contributed by atoms with Crippen LogP contribution in [-0.2, 0) is 6.54 Å². The van der Waals surface area contributed by atoms with Crippen LogP contribution in [-0.4, -0.2) is 9.67 Å². The van der Waals surface area contributed by atoms with E-state index in [0.29, 0.717) is 10.4 Å². The number of halogens is 1. The maximum absolute atomic E-state index is 12.1. The zero-order valence-corrected chi connectivity index (χ0v) is 11.3. The summed E-state index contributed by atoms with van der Waals surface area (Å²) in [5.41, 5.74) is 0.544. The van der Waals surface area contributed by atoms with Gasteiger partial charge in [-0.1, -0.05) is 48.0 Å². The molecule has 0 aliphatic heterocycles. The van der Waals surface area contributed by atoms with E-state index in [4.69, 9.17) is 11.6 Å². The lowest BCUT2D eigenvalue weighted by Gasteiger charge is -2.11. The van der Waals surface area contributed by atoms with Crippen molar-refractivity contribution in [3.8, 4) is 5.88 Å². The van der Waals surface area contributed by atoms with Crippen molar-refractivity contribution in [3.63, 3.8) is 0 Å². The Morgan fingerprint density at radius 3 is 2.55 bits per heavy atom. The van der Waals surface area contributed by atoms with Gasteiger partial charge in [-0.3, -0.25) is 9.36 Å². The van der Waals surface area contributed by atoms with Crippen LogP contribution in [0.5, 0.6) is 5.88 Å². The highest BCUT2D eigenvalue weighted by atomic mass is 35.5. The molecule has 1 N–H and O–H groups in total. The summed E-state index contributed by atoms with van der Waals surface area (Å²) < 4.78 is 1.32. The molecule has 0 saturated heterocycles. The SMILES string of the molecule is O=c1cc2ccccc2c(O)n1Cc1ccccc1Cl. The van der Waals surface area contributed by atoms with Crippen LogP contribution in [0.2, 0.25) is 5.02 Å². The number of rotatable bonds is 2. The molecule has 1 aromatic heterocycles. The molecule has 1 heterocycles. The van der Waals surface area contributed by atoms with Crippen molar-refractivity contribution in [2.24, 2.45) is 0 Å². The molecule has 0 fully saturated rings. The molecule has 3 nitrogen and oxygen atoms in total. The maximum Gasteiger partial charge on any atom is 0.254 e. The Morgan fingerprint density at radius 2 is 1.75 bits per heavy atom. The van der Waals surface area contributed by atoms with Gasteiger partial charge in [-0.05, 0) is 23.1 Å². The number of hydrogen-bond acceptors (Lipinski definition) is 2. The van der Waals surface area contributed by atoms with Crippen molar-refractivity contribution in [1.82, 2.24) is 4.57 Å². The second-order valence-corrected chi connectivity index (χ2v) is 4.98. The van der Waals surface area contributed by atoms with Crippen molar-refractivity contribution in [2.45, 2.75) is 6.54 Å². The first-order valence-corrected chi connectivity index (χ1v) is 6.59. The molecule has 0 aliphatic carbocycles. The molecule has 20 heavy (non-hydrogen) atoms. The number of hydrogen-bond donors (Lipinski definition) is 1. The maximum atomic E-state index is 12.1. The number of fused-ring (bicyclic) bond motifs is 1. The van der Waals surface area contributed by atoms with Gasteiger partial charge in [-0.2, -0.15) is 0 Å². The van der Waals surface area contributed by atoms with Crippen LogP contribution in [0.25, 0.3) is 10.8 Å². The molecule has 0 saturated carbocycles. The molecular weight excluding hydrogens is 274 g/mol. The van der Waals surface area contributed by atoms with Crippen LogP contribution in [0.3, 0.4) is 0 Å². The third kappa shape index (κ3) is 2.17. The average Bonchev–Trinajstić information content (AvgIpc) is 2.45. The van der Waals surface area contributed by atoms with Crippen LogP contribution in [0, 0.1) is 0 Å². The quantitative estimate of drug-likeness (QED) is 0.784. The molecule has 0 unspecified atom stereocenters. The molecule has 3 rings (SSSR count). The molecule has 0 spiro atoms. The molecule has 100 valence electrons. The molecule has 0 bridgehead atoms. The summed E-state index contributed by atoms with van der Waals surface area (Å²) in [5.74, 6) is -0.0342. The minimum absolute atomic E-state index is 0.0342. The van der Waals surface area contributed by atoms with Crippen LogP contribution >= 0.6 is 11.6 Å². The van der Waals surface area contributed by atoms with Crippen molar-refractivity contribution < 1.29 is 5.11 Å². The van der Waals surface area contributed by atoms with E-state index in [1.54, 1.807) is 18.2 Å². The van der Waals surface area contributed by atoms with Gasteiger partial charge < -0.3 is 5.11 Å². The van der Waals surface area contributed by atoms with Crippen molar-refractivity contribution in [3.05, 3.63) is 75.5 Å². The second-order valence-electron chi connectivity index (χ2n) is 4.57. The van der Waals surface area contributed by atoms with Gasteiger partial charge in [0.2, 0.25) is 5.88 Å². The first kappa shape index (κ1) is 12.8. The molecule has 0 atom stereocenters. The first-order valence-electron chi connectivity index (χ1n) is 6.22. The largest absolute Gasteiger partial charge is 0.494 e. The van der Waals surface area contributed by atoms with E-state index in [1.165, 1.54) is 10.6 Å². The number of nitrogens with zero attached hydrogens (tertiary/aromatic N) is 1. The predicted molar refractivity (Wildman–Crippen MR) is 80.4 cm³/mol. The molecule has 0 aliphatic rings. The summed E-state index contributed by atoms with van der Waals surface area (Å²) in [5, 5.41) is 12.3. The van der Waals surface area contributed by atoms with E-state index < -0.39 is 0 Å². The van der Waals surface area contributed by atoms with Gasteiger partial charge >= 0.3 is 0 Å². The molecule has 0 radical (unpaired) electrons. The summed E-state index contributed by atoms with van der Waals surface area (Å²) in [6, 6.07) is 16.0. The summed E-state index contributed by atoms with van der Waals surface area (Å²) >= 11 is 6.10. The standard InChI is InChI=1S/C16H12ClNO2/c17-14-8-4-2-6-12(14)10-18-15(19)9-11-5-1-3-7-13(11)16(18)20/h1-9,20H,10H2. The van der Waals surface area contributed by atoms with Crippen molar-refractivity contribution >= 4 is 22.4 Å². The minimum Gasteiger partial charge on any atom is -0.494 e. The molecule has 3 aromatic rings. The zero-order chi connectivity index (χ0) is 14.1. The number of aromatic nitrogens is 1. The fourth-order valence-corrected chi connectivity index (χ4v) is 2.43. The van der Waals surface area contributed by atoms with E-state index >= 15 is 0 Å². The van der Waals surface area contributed by atoms with Crippen molar-refractivity contribution in [1.29, 1.82) is 0 Å². The van der Waals surface area contributed by atoms with E-state index in [0.717, 1.165) is 10.9 Å². The first-order chi connectivity index (χ1) is 9.66. The van der Waals surface area contributed by atoms with Gasteiger partial charge in [0.1, 0.15) is 0 Å². The van der Waals surface area contributed by atoms with Crippen LogP contribution < -0.4 is 5.56 Å². The Balaban J connectivity index is 2.17. The fourth-order valence-electron chi connectivity index (χ4n) is 2.24. The van der Waals surface area contributed by atoms with E-state index in [9.17, 15) is 9.90 Å². The smallest absolute Gasteiger partial charge is 0.254 e. The van der Waals surface area contributed by atoms with E-state index in [2.05, 4.69) is 0 Å². The predicted octanol–water partition coefficient (Wildman–Crippen LogP) is 3.41. The van der Waals surface area contributed by atoms with Gasteiger partial charge in [0.05, 0.1) is 6.54 Å². The highest BCUT2D eigenvalue weighted by Gasteiger charge is 2.10. The van der Waals surface area contributed by atoms with Crippen LogP contribution in [0.15, 0.2) is 59.4 Å². The van der Waals surface area contributed by atoms with Crippen molar-refractivity contribution in [2.75, 3.05) is 0 Å². The van der Waals surface area contributed by atoms with Gasteiger partial charge in [-0.25, -0.2) is 0 Å². The average molecular weight is 286 g/mol. The Bertz CT molecular complexity index is 839. The van der Waals surface area contributed by atoms with E-state index in [1.807, 2.05) is 30.3 Å². The topological polar surface area (TPSA) is 42.2 Å². The molecule has 2 aromatic carbocycles. The highest BCUT2D eigenvalue weighted by molar-refractivity contribution is 6.31. The molecule has 0 amide bonds.